The van der Waals surface area contributed by atoms with Gasteiger partial charge in [-0.3, -0.25) is 5.32 Å². The van der Waals surface area contributed by atoms with Gasteiger partial charge in [-0.25, -0.2) is 27.5 Å². The lowest BCUT2D eigenvalue weighted by Crippen LogP contribution is -2.40. The molecule has 0 spiro atoms. The Morgan fingerprint density at radius 3 is 2.80 bits per heavy atom. The van der Waals surface area contributed by atoms with Crippen LogP contribution in [0, 0.1) is 0 Å². The summed E-state index contributed by atoms with van der Waals surface area (Å²) in [5, 5.41) is 5.45. The van der Waals surface area contributed by atoms with Gasteiger partial charge in [0.15, 0.2) is 11.5 Å². The van der Waals surface area contributed by atoms with Gasteiger partial charge in [-0.05, 0) is 18.5 Å². The van der Waals surface area contributed by atoms with Crippen LogP contribution in [-0.4, -0.2) is 73.4 Å². The average Bonchev–Trinajstić information content (AvgIpc) is 3.24. The van der Waals surface area contributed by atoms with E-state index in [0.29, 0.717) is 36.7 Å². The van der Waals surface area contributed by atoms with Crippen molar-refractivity contribution in [2.24, 2.45) is 0 Å². The Kier molecular flexibility index (Phi) is 6.80. The van der Waals surface area contributed by atoms with Crippen LogP contribution in [0.4, 0.5) is 10.6 Å². The number of sulfonamides is 1. The number of urea groups is 1. The highest BCUT2D eigenvalue weighted by Gasteiger charge is 2.29. The maximum Gasteiger partial charge on any atom is 0.320 e. The molecular formula is C18H30N6O4SSi. The van der Waals surface area contributed by atoms with Gasteiger partial charge in [-0.15, -0.1) is 0 Å². The molecule has 0 radical (unpaired) electrons. The van der Waals surface area contributed by atoms with Crippen molar-refractivity contribution in [2.45, 2.75) is 44.9 Å². The minimum Gasteiger partial charge on any atom is -0.361 e. The van der Waals surface area contributed by atoms with Crippen molar-refractivity contribution in [2.75, 3.05) is 31.3 Å². The number of fused-ring (bicyclic) bond motifs is 1. The van der Waals surface area contributed by atoms with Gasteiger partial charge in [0, 0.05) is 40.0 Å². The lowest BCUT2D eigenvalue weighted by molar-refractivity contribution is 0.0899. The molecule has 1 saturated heterocycles. The number of hydrogen-bond acceptors (Lipinski definition) is 6. The Bertz CT molecular complexity index is 1000. The van der Waals surface area contributed by atoms with Crippen LogP contribution in [0.5, 0.6) is 0 Å². The highest BCUT2D eigenvalue weighted by atomic mass is 32.2. The number of nitrogens with zero attached hydrogens (tertiary/aromatic N) is 4. The first kappa shape index (κ1) is 22.7. The maximum atomic E-state index is 12.2. The van der Waals surface area contributed by atoms with Gasteiger partial charge >= 0.3 is 6.03 Å². The summed E-state index contributed by atoms with van der Waals surface area (Å²) < 4.78 is 32.2. The van der Waals surface area contributed by atoms with E-state index < -0.39 is 24.1 Å². The molecule has 166 valence electrons. The Hall–Kier alpha value is -2.02. The number of carbonyl (C=O) groups excluding carboxylic acids is 1. The largest absolute Gasteiger partial charge is 0.361 e. The van der Waals surface area contributed by atoms with Gasteiger partial charge in [0.05, 0.1) is 12.5 Å². The predicted molar refractivity (Wildman–Crippen MR) is 119 cm³/mol. The van der Waals surface area contributed by atoms with Gasteiger partial charge in [-0.2, -0.15) is 0 Å². The van der Waals surface area contributed by atoms with Crippen LogP contribution < -0.4 is 10.6 Å². The fourth-order valence-corrected chi connectivity index (χ4v) is 4.80. The predicted octanol–water partition coefficient (Wildman–Crippen LogP) is 1.90. The molecule has 0 aromatic carbocycles. The third-order valence-corrected chi connectivity index (χ3v) is 7.86. The molecular weight excluding hydrogens is 424 g/mol. The number of carbonyl (C=O) groups is 1. The number of rotatable bonds is 8. The van der Waals surface area contributed by atoms with E-state index in [1.807, 2.05) is 16.8 Å². The highest BCUT2D eigenvalue weighted by molar-refractivity contribution is 7.88. The monoisotopic (exact) mass is 454 g/mol. The third kappa shape index (κ3) is 6.24. The minimum atomic E-state index is -3.24. The Morgan fingerprint density at radius 2 is 2.13 bits per heavy atom. The minimum absolute atomic E-state index is 0.231. The lowest BCUT2D eigenvalue weighted by Gasteiger charge is -2.15. The number of hydrogen-bond donors (Lipinski definition) is 2. The molecule has 2 aromatic heterocycles. The molecule has 1 fully saturated rings. The molecule has 0 aliphatic carbocycles. The molecule has 2 aromatic rings. The van der Waals surface area contributed by atoms with Crippen molar-refractivity contribution in [3.63, 3.8) is 0 Å². The van der Waals surface area contributed by atoms with E-state index in [1.54, 1.807) is 0 Å². The SMILES string of the molecule is C[Si](C)(C)CCOCn1ccc2nc(NC(=O)NC3CCN(S(C)(=O)=O)C3)cnc21. The molecule has 3 heterocycles. The van der Waals surface area contributed by atoms with Crippen LogP contribution in [0.2, 0.25) is 25.7 Å². The number of amides is 2. The quantitative estimate of drug-likeness (QED) is 0.464. The molecule has 1 atom stereocenters. The van der Waals surface area contributed by atoms with E-state index in [2.05, 4.69) is 40.2 Å². The van der Waals surface area contributed by atoms with Crippen LogP contribution in [-0.2, 0) is 21.5 Å². The summed E-state index contributed by atoms with van der Waals surface area (Å²) in [6.45, 7) is 8.75. The van der Waals surface area contributed by atoms with Crippen LogP contribution >= 0.6 is 0 Å². The van der Waals surface area contributed by atoms with Gasteiger partial charge in [0.25, 0.3) is 0 Å². The van der Waals surface area contributed by atoms with Gasteiger partial charge in [0.1, 0.15) is 12.2 Å². The fourth-order valence-electron chi connectivity index (χ4n) is 3.15. The topological polar surface area (TPSA) is 118 Å². The lowest BCUT2D eigenvalue weighted by atomic mass is 10.3. The summed E-state index contributed by atoms with van der Waals surface area (Å²) in [7, 11) is -4.36. The molecule has 10 nitrogen and oxygen atoms in total. The summed E-state index contributed by atoms with van der Waals surface area (Å²) in [6, 6.07) is 2.27. The molecule has 0 bridgehead atoms. The molecule has 3 rings (SSSR count). The van der Waals surface area contributed by atoms with Crippen LogP contribution in [0.3, 0.4) is 0 Å². The second-order valence-electron chi connectivity index (χ2n) is 8.80. The van der Waals surface area contributed by atoms with E-state index in [-0.39, 0.29) is 12.6 Å². The fraction of sp³-hybridized carbons (Fsp3) is 0.611. The van der Waals surface area contributed by atoms with Crippen LogP contribution in [0.15, 0.2) is 18.5 Å². The molecule has 2 N–H and O–H groups in total. The van der Waals surface area contributed by atoms with Gasteiger partial charge < -0.3 is 14.6 Å². The summed E-state index contributed by atoms with van der Waals surface area (Å²) in [5.41, 5.74) is 1.35. The average molecular weight is 455 g/mol. The summed E-state index contributed by atoms with van der Waals surface area (Å²) in [4.78, 5) is 21.1. The molecule has 30 heavy (non-hydrogen) atoms. The van der Waals surface area contributed by atoms with Crippen LogP contribution in [0.25, 0.3) is 11.2 Å². The molecule has 1 aliphatic rings. The zero-order valence-corrected chi connectivity index (χ0v) is 19.7. The first-order valence-corrected chi connectivity index (χ1v) is 15.5. The Labute approximate surface area is 178 Å². The Balaban J connectivity index is 1.53. The first-order valence-electron chi connectivity index (χ1n) is 9.93. The maximum absolute atomic E-state index is 12.2. The molecule has 1 unspecified atom stereocenters. The molecule has 0 saturated carbocycles. The number of nitrogens with one attached hydrogen (secondary N) is 2. The van der Waals surface area contributed by atoms with Crippen molar-refractivity contribution in [1.82, 2.24) is 24.2 Å². The second kappa shape index (κ2) is 9.00. The van der Waals surface area contributed by atoms with E-state index in [9.17, 15) is 13.2 Å². The Morgan fingerprint density at radius 1 is 1.37 bits per heavy atom. The van der Waals surface area contributed by atoms with Crippen molar-refractivity contribution in [1.29, 1.82) is 0 Å². The normalized spacial score (nSPS) is 18.1. The van der Waals surface area contributed by atoms with Gasteiger partial charge in [-0.1, -0.05) is 19.6 Å². The number of anilines is 1. The standard InChI is InChI=1S/C18H30N6O4SSi/c1-29(26,27)24-8-5-14(12-24)20-18(25)22-16-11-19-17-15(21-16)6-7-23(17)13-28-9-10-30(2,3)4/h6-7,11,14H,5,8-10,12-13H2,1-4H3,(H2,20,21,22,25). The van der Waals surface area contributed by atoms with E-state index in [1.165, 1.54) is 16.8 Å². The summed E-state index contributed by atoms with van der Waals surface area (Å²) in [5.74, 6) is 0.329. The summed E-state index contributed by atoms with van der Waals surface area (Å²) >= 11 is 0. The highest BCUT2D eigenvalue weighted by Crippen LogP contribution is 2.16. The van der Waals surface area contributed by atoms with Crippen molar-refractivity contribution < 1.29 is 17.9 Å². The van der Waals surface area contributed by atoms with Crippen LogP contribution in [0.1, 0.15) is 6.42 Å². The second-order valence-corrected chi connectivity index (χ2v) is 16.4. The number of ether oxygens (including phenoxy) is 1. The van der Waals surface area contributed by atoms with E-state index in [4.69, 9.17) is 4.74 Å². The zero-order chi connectivity index (χ0) is 21.9. The molecule has 12 heteroatoms. The molecule has 1 aliphatic heterocycles. The third-order valence-electron chi connectivity index (χ3n) is 4.89. The first-order chi connectivity index (χ1) is 14.0. The van der Waals surface area contributed by atoms with E-state index in [0.717, 1.165) is 12.7 Å². The molecule has 2 amide bonds. The zero-order valence-electron chi connectivity index (χ0n) is 17.9. The summed E-state index contributed by atoms with van der Waals surface area (Å²) in [6.07, 6.45) is 5.11. The van der Waals surface area contributed by atoms with Crippen molar-refractivity contribution >= 4 is 41.1 Å². The number of aromatic nitrogens is 3. The van der Waals surface area contributed by atoms with Crippen molar-refractivity contribution in [3.8, 4) is 0 Å². The smallest absolute Gasteiger partial charge is 0.320 e. The van der Waals surface area contributed by atoms with Crippen molar-refractivity contribution in [3.05, 3.63) is 18.5 Å². The van der Waals surface area contributed by atoms with Gasteiger partial charge in [0.2, 0.25) is 10.0 Å². The van der Waals surface area contributed by atoms with E-state index >= 15 is 0 Å².